The lowest BCUT2D eigenvalue weighted by molar-refractivity contribution is 0.0726. The van der Waals surface area contributed by atoms with E-state index in [0.29, 0.717) is 31.7 Å². The summed E-state index contributed by atoms with van der Waals surface area (Å²) in [6, 6.07) is 1.97. The second-order valence-corrected chi connectivity index (χ2v) is 7.55. The van der Waals surface area contributed by atoms with Crippen LogP contribution in [0, 0.1) is 23.5 Å². The van der Waals surface area contributed by atoms with Crippen molar-refractivity contribution in [3.63, 3.8) is 0 Å². The zero-order valence-corrected chi connectivity index (χ0v) is 15.9. The zero-order chi connectivity index (χ0) is 20.5. The van der Waals surface area contributed by atoms with Gasteiger partial charge in [0.15, 0.2) is 17.4 Å². The molecular weight excluding hydrogens is 382 g/mol. The number of nitrogens with zero attached hydrogens (tertiary/aromatic N) is 3. The van der Waals surface area contributed by atoms with E-state index < -0.39 is 29.4 Å². The number of ether oxygens (including phenoxy) is 1. The van der Waals surface area contributed by atoms with E-state index in [1.807, 2.05) is 0 Å². The summed E-state index contributed by atoms with van der Waals surface area (Å²) in [5.74, 6) is -2.02. The highest BCUT2D eigenvalue weighted by molar-refractivity contribution is 5.95. The van der Waals surface area contributed by atoms with Gasteiger partial charge in [-0.15, -0.1) is 0 Å². The Kier molecular flexibility index (Phi) is 5.31. The van der Waals surface area contributed by atoms with E-state index in [9.17, 15) is 18.7 Å². The number of anilines is 1. The van der Waals surface area contributed by atoms with Crippen molar-refractivity contribution < 1.29 is 23.4 Å². The molecule has 1 aromatic heterocycles. The third-order valence-corrected chi connectivity index (χ3v) is 5.81. The molecule has 1 aliphatic carbocycles. The molecule has 1 amide bonds. The highest BCUT2D eigenvalue weighted by atomic mass is 19.1. The lowest BCUT2D eigenvalue weighted by Crippen LogP contribution is -2.43. The standard InChI is InChI=1S/C20H22F2N4O3/c1-29-19-14(21)3-2-13(18(19)22)20(28)26-9-11-6-15(16(27)7-12(11)10-26)25-17-8-23-4-5-24-17/h2-5,8,11-12,15-16,27H,6-7,9-10H2,1H3,(H,24,25)/t11-,12+,15-,16-/m1/s1. The molecule has 154 valence electrons. The largest absolute Gasteiger partial charge is 0.491 e. The lowest BCUT2D eigenvalue weighted by Gasteiger charge is -2.35. The average Bonchev–Trinajstić information content (AvgIpc) is 3.12. The summed E-state index contributed by atoms with van der Waals surface area (Å²) < 4.78 is 32.9. The summed E-state index contributed by atoms with van der Waals surface area (Å²) in [5, 5.41) is 13.7. The van der Waals surface area contributed by atoms with Crippen LogP contribution in [0.2, 0.25) is 0 Å². The van der Waals surface area contributed by atoms with Crippen LogP contribution >= 0.6 is 0 Å². The van der Waals surface area contributed by atoms with Gasteiger partial charge in [-0.2, -0.15) is 0 Å². The summed E-state index contributed by atoms with van der Waals surface area (Å²) in [6.07, 6.45) is 5.33. The maximum Gasteiger partial charge on any atom is 0.256 e. The summed E-state index contributed by atoms with van der Waals surface area (Å²) in [5.41, 5.74) is -0.211. The number of halogens is 2. The smallest absolute Gasteiger partial charge is 0.256 e. The molecule has 1 aliphatic heterocycles. The van der Waals surface area contributed by atoms with Crippen LogP contribution in [-0.4, -0.2) is 58.2 Å². The molecule has 9 heteroatoms. The van der Waals surface area contributed by atoms with E-state index in [0.717, 1.165) is 19.2 Å². The minimum Gasteiger partial charge on any atom is -0.491 e. The van der Waals surface area contributed by atoms with Crippen LogP contribution in [0.15, 0.2) is 30.7 Å². The van der Waals surface area contributed by atoms with E-state index in [1.54, 1.807) is 23.5 Å². The van der Waals surface area contributed by atoms with E-state index >= 15 is 0 Å². The van der Waals surface area contributed by atoms with Gasteiger partial charge in [-0.1, -0.05) is 0 Å². The molecule has 2 aromatic rings. The lowest BCUT2D eigenvalue weighted by atomic mass is 9.77. The van der Waals surface area contributed by atoms with E-state index in [-0.39, 0.29) is 23.4 Å². The van der Waals surface area contributed by atoms with Crippen LogP contribution in [0.3, 0.4) is 0 Å². The van der Waals surface area contributed by atoms with Crippen molar-refractivity contribution >= 4 is 11.7 Å². The molecule has 4 atom stereocenters. The van der Waals surface area contributed by atoms with Gasteiger partial charge in [-0.3, -0.25) is 9.78 Å². The van der Waals surface area contributed by atoms with Gasteiger partial charge in [-0.05, 0) is 36.8 Å². The van der Waals surface area contributed by atoms with Crippen LogP contribution in [-0.2, 0) is 0 Å². The second-order valence-electron chi connectivity index (χ2n) is 7.55. The van der Waals surface area contributed by atoms with Crippen molar-refractivity contribution in [2.24, 2.45) is 11.8 Å². The fourth-order valence-electron chi connectivity index (χ4n) is 4.37. The molecule has 0 radical (unpaired) electrons. The van der Waals surface area contributed by atoms with E-state index in [1.165, 1.54) is 0 Å². The molecule has 0 spiro atoms. The van der Waals surface area contributed by atoms with Gasteiger partial charge in [0.25, 0.3) is 5.91 Å². The number of likely N-dealkylation sites (tertiary alicyclic amines) is 1. The summed E-state index contributed by atoms with van der Waals surface area (Å²) in [4.78, 5) is 22.6. The fourth-order valence-corrected chi connectivity index (χ4v) is 4.37. The minimum atomic E-state index is -0.991. The Balaban J connectivity index is 1.47. The van der Waals surface area contributed by atoms with Crippen molar-refractivity contribution in [3.05, 3.63) is 47.9 Å². The first-order valence-electron chi connectivity index (χ1n) is 9.49. The van der Waals surface area contributed by atoms with E-state index in [2.05, 4.69) is 15.3 Å². The van der Waals surface area contributed by atoms with Crippen LogP contribution in [0.5, 0.6) is 5.75 Å². The van der Waals surface area contributed by atoms with Crippen molar-refractivity contribution in [2.75, 3.05) is 25.5 Å². The Labute approximate surface area is 166 Å². The molecule has 1 aromatic carbocycles. The molecule has 2 heterocycles. The number of fused-ring (bicyclic) bond motifs is 1. The quantitative estimate of drug-likeness (QED) is 0.812. The topological polar surface area (TPSA) is 87.6 Å². The first-order chi connectivity index (χ1) is 14.0. The molecule has 4 rings (SSSR count). The van der Waals surface area contributed by atoms with Gasteiger partial charge in [0.05, 0.1) is 31.0 Å². The van der Waals surface area contributed by atoms with Crippen LogP contribution in [0.25, 0.3) is 0 Å². The predicted molar refractivity (Wildman–Crippen MR) is 100 cm³/mol. The third kappa shape index (κ3) is 3.74. The van der Waals surface area contributed by atoms with Gasteiger partial charge in [0.2, 0.25) is 0 Å². The van der Waals surface area contributed by atoms with Gasteiger partial charge >= 0.3 is 0 Å². The second kappa shape index (κ2) is 7.90. The monoisotopic (exact) mass is 404 g/mol. The highest BCUT2D eigenvalue weighted by Crippen LogP contribution is 2.38. The van der Waals surface area contributed by atoms with Gasteiger partial charge in [0, 0.05) is 25.5 Å². The van der Waals surface area contributed by atoms with Crippen LogP contribution < -0.4 is 10.1 Å². The number of amides is 1. The van der Waals surface area contributed by atoms with Gasteiger partial charge in [0.1, 0.15) is 5.82 Å². The number of carbonyl (C=O) groups is 1. The van der Waals surface area contributed by atoms with Gasteiger partial charge < -0.3 is 20.1 Å². The Bertz CT molecular complexity index is 899. The molecule has 0 bridgehead atoms. The molecule has 1 saturated heterocycles. The number of aromatic nitrogens is 2. The summed E-state index contributed by atoms with van der Waals surface area (Å²) in [6.45, 7) is 0.881. The maximum atomic E-state index is 14.5. The zero-order valence-electron chi connectivity index (χ0n) is 15.9. The van der Waals surface area contributed by atoms with E-state index in [4.69, 9.17) is 4.74 Å². The summed E-state index contributed by atoms with van der Waals surface area (Å²) in [7, 11) is 1.16. The maximum absolute atomic E-state index is 14.5. The molecule has 7 nitrogen and oxygen atoms in total. The number of hydrogen-bond donors (Lipinski definition) is 2. The highest BCUT2D eigenvalue weighted by Gasteiger charge is 2.43. The Morgan fingerprint density at radius 1 is 1.24 bits per heavy atom. The van der Waals surface area contributed by atoms with Crippen molar-refractivity contribution in [3.8, 4) is 5.75 Å². The number of hydrogen-bond acceptors (Lipinski definition) is 6. The first-order valence-corrected chi connectivity index (χ1v) is 9.49. The summed E-state index contributed by atoms with van der Waals surface area (Å²) >= 11 is 0. The number of benzene rings is 1. The average molecular weight is 404 g/mol. The first kappa shape index (κ1) is 19.5. The number of methoxy groups -OCH3 is 1. The number of nitrogens with one attached hydrogen (secondary N) is 1. The molecule has 29 heavy (non-hydrogen) atoms. The number of carbonyl (C=O) groups excluding carboxylic acids is 1. The normalized spacial score (nSPS) is 26.1. The molecule has 2 aliphatic rings. The molecule has 1 saturated carbocycles. The minimum absolute atomic E-state index is 0.124. The molecule has 2 fully saturated rings. The Morgan fingerprint density at radius 2 is 2.00 bits per heavy atom. The van der Waals surface area contributed by atoms with Crippen LogP contribution in [0.4, 0.5) is 14.6 Å². The fraction of sp³-hybridized carbons (Fsp3) is 0.450. The Hall–Kier alpha value is -2.81. The van der Waals surface area contributed by atoms with Crippen LogP contribution in [0.1, 0.15) is 23.2 Å². The number of rotatable bonds is 4. The number of aliphatic hydroxyl groups excluding tert-OH is 1. The van der Waals surface area contributed by atoms with Crippen molar-refractivity contribution in [2.45, 2.75) is 25.0 Å². The van der Waals surface area contributed by atoms with Gasteiger partial charge in [-0.25, -0.2) is 13.8 Å². The Morgan fingerprint density at radius 3 is 2.69 bits per heavy atom. The predicted octanol–water partition coefficient (Wildman–Crippen LogP) is 2.09. The number of aliphatic hydroxyl groups is 1. The third-order valence-electron chi connectivity index (χ3n) is 5.81. The SMILES string of the molecule is COc1c(F)ccc(C(=O)N2C[C@H]3C[C@@H](Nc4cnccn4)[C@H](O)C[C@H]3C2)c1F. The molecular formula is C20H22F2N4O3. The van der Waals surface area contributed by atoms with Crippen molar-refractivity contribution in [1.82, 2.24) is 14.9 Å². The molecule has 0 unspecified atom stereocenters. The molecule has 2 N–H and O–H groups in total. The van der Waals surface area contributed by atoms with Crippen molar-refractivity contribution in [1.29, 1.82) is 0 Å².